The fourth-order valence-electron chi connectivity index (χ4n) is 3.93. The van der Waals surface area contributed by atoms with Crippen LogP contribution in [0.1, 0.15) is 31.4 Å². The number of nitrogens with zero attached hydrogens (tertiary/aromatic N) is 1. The molecule has 0 unspecified atom stereocenters. The molecule has 0 aromatic heterocycles. The minimum absolute atomic E-state index is 0.218. The lowest BCUT2D eigenvalue weighted by Gasteiger charge is -2.38. The molecule has 1 amide bonds. The Morgan fingerprint density at radius 1 is 1.12 bits per heavy atom. The molecule has 1 N–H and O–H groups in total. The maximum atomic E-state index is 13.7. The molecule has 1 aliphatic heterocycles. The molecule has 0 saturated carbocycles. The van der Waals surface area contributed by atoms with Gasteiger partial charge in [0.2, 0.25) is 0 Å². The van der Waals surface area contributed by atoms with Crippen molar-refractivity contribution in [2.45, 2.75) is 39.3 Å². The first kappa shape index (κ1) is 25.0. The summed E-state index contributed by atoms with van der Waals surface area (Å²) in [6.07, 6.45) is 0.740. The van der Waals surface area contributed by atoms with Crippen LogP contribution in [0.3, 0.4) is 0 Å². The highest BCUT2D eigenvalue weighted by Crippen LogP contribution is 2.23. The van der Waals surface area contributed by atoms with Crippen molar-refractivity contribution < 1.29 is 23.0 Å². The summed E-state index contributed by atoms with van der Waals surface area (Å²) in [4.78, 5) is 14.6. The summed E-state index contributed by atoms with van der Waals surface area (Å²) in [6, 6.07) is 13.5. The van der Waals surface area contributed by atoms with E-state index in [1.165, 1.54) is 12.1 Å². The molecule has 1 aliphatic rings. The van der Waals surface area contributed by atoms with Gasteiger partial charge >= 0.3 is 6.09 Å². The number of nitrogens with one attached hydrogen (secondary N) is 1. The number of benzene rings is 2. The largest absolute Gasteiger partial charge is 0.493 e. The predicted molar refractivity (Wildman–Crippen MR) is 125 cm³/mol. The van der Waals surface area contributed by atoms with Gasteiger partial charge in [0.15, 0.2) is 0 Å². The Hall–Kier alpha value is -2.67. The average molecular weight is 461 g/mol. The summed E-state index contributed by atoms with van der Waals surface area (Å²) in [5, 5.41) is 3.19. The first-order chi connectivity index (χ1) is 16.0. The molecule has 0 spiro atoms. The molecule has 5 nitrogen and oxygen atoms in total. The fraction of sp³-hybridized carbons (Fsp3) is 0.500. The SMILES string of the molecule is CC(C)COc1ccc(CCOC(=O)N(Cc2ccc(F)cc2)[C@H]2CCNC[C@H]2CF)cc1. The zero-order valence-electron chi connectivity index (χ0n) is 19.4. The van der Waals surface area contributed by atoms with E-state index in [0.29, 0.717) is 38.5 Å². The van der Waals surface area contributed by atoms with Gasteiger partial charge in [0.1, 0.15) is 11.6 Å². The van der Waals surface area contributed by atoms with Crippen LogP contribution in [0.5, 0.6) is 5.75 Å². The summed E-state index contributed by atoms with van der Waals surface area (Å²) in [7, 11) is 0. The summed E-state index contributed by atoms with van der Waals surface area (Å²) in [6.45, 7) is 6.04. The summed E-state index contributed by atoms with van der Waals surface area (Å²) >= 11 is 0. The number of piperidine rings is 1. The van der Waals surface area contributed by atoms with Crippen LogP contribution >= 0.6 is 0 Å². The van der Waals surface area contributed by atoms with E-state index in [1.807, 2.05) is 24.3 Å². The second-order valence-corrected chi connectivity index (χ2v) is 8.94. The second kappa shape index (κ2) is 12.5. The third kappa shape index (κ3) is 7.70. The minimum Gasteiger partial charge on any atom is -0.493 e. The van der Waals surface area contributed by atoms with Crippen LogP contribution in [-0.2, 0) is 17.7 Å². The molecule has 2 atom stereocenters. The molecule has 3 rings (SSSR count). The molecule has 0 aliphatic carbocycles. The van der Waals surface area contributed by atoms with E-state index in [-0.39, 0.29) is 30.9 Å². The number of carbonyl (C=O) groups excluding carboxylic acids is 1. The van der Waals surface area contributed by atoms with Gasteiger partial charge in [-0.25, -0.2) is 9.18 Å². The summed E-state index contributed by atoms with van der Waals surface area (Å²) in [5.41, 5.74) is 1.81. The number of hydrogen-bond acceptors (Lipinski definition) is 4. The van der Waals surface area contributed by atoms with Crippen molar-refractivity contribution in [1.29, 1.82) is 0 Å². The molecule has 1 heterocycles. The monoisotopic (exact) mass is 460 g/mol. The Kier molecular flexibility index (Phi) is 9.48. The third-order valence-electron chi connectivity index (χ3n) is 5.79. The van der Waals surface area contributed by atoms with Crippen LogP contribution in [0.2, 0.25) is 0 Å². The first-order valence-corrected chi connectivity index (χ1v) is 11.6. The molecular weight excluding hydrogens is 426 g/mol. The predicted octanol–water partition coefficient (Wildman–Crippen LogP) is 4.99. The van der Waals surface area contributed by atoms with Crippen molar-refractivity contribution in [3.8, 4) is 5.75 Å². The molecule has 1 saturated heterocycles. The molecule has 7 heteroatoms. The van der Waals surface area contributed by atoms with Gasteiger partial charge in [-0.3, -0.25) is 4.39 Å². The van der Waals surface area contributed by atoms with E-state index in [4.69, 9.17) is 9.47 Å². The molecule has 2 aromatic rings. The molecule has 0 radical (unpaired) electrons. The van der Waals surface area contributed by atoms with Gasteiger partial charge in [-0.2, -0.15) is 0 Å². The lowest BCUT2D eigenvalue weighted by atomic mass is 9.93. The minimum atomic E-state index is -0.518. The van der Waals surface area contributed by atoms with Gasteiger partial charge in [-0.1, -0.05) is 38.1 Å². The van der Waals surface area contributed by atoms with Crippen molar-refractivity contribution in [2.24, 2.45) is 11.8 Å². The maximum absolute atomic E-state index is 13.7. The van der Waals surface area contributed by atoms with Gasteiger partial charge in [-0.05, 0) is 54.3 Å². The Labute approximate surface area is 195 Å². The fourth-order valence-corrected chi connectivity index (χ4v) is 3.93. The lowest BCUT2D eigenvalue weighted by Crippen LogP contribution is -2.52. The van der Waals surface area contributed by atoms with Crippen LogP contribution in [-0.4, -0.2) is 50.0 Å². The average Bonchev–Trinajstić information content (AvgIpc) is 2.83. The van der Waals surface area contributed by atoms with Crippen molar-refractivity contribution in [2.75, 3.05) is 33.0 Å². The Bertz CT molecular complexity index is 859. The normalized spacial score (nSPS) is 18.2. The van der Waals surface area contributed by atoms with Gasteiger partial charge in [0, 0.05) is 31.5 Å². The standard InChI is InChI=1S/C26H34F2N2O3/c1-19(2)18-33-24-9-5-20(6-10-24)12-14-32-26(31)30(17-21-3-7-23(28)8-4-21)25-11-13-29-16-22(25)15-27/h3-10,19,22,25,29H,11-18H2,1-2H3/t22-,25+/m1/s1. The van der Waals surface area contributed by atoms with Crippen LogP contribution in [0, 0.1) is 17.7 Å². The highest BCUT2D eigenvalue weighted by Gasteiger charge is 2.34. The lowest BCUT2D eigenvalue weighted by molar-refractivity contribution is 0.0538. The van der Waals surface area contributed by atoms with Crippen LogP contribution in [0.25, 0.3) is 0 Å². The van der Waals surface area contributed by atoms with Crippen LogP contribution < -0.4 is 10.1 Å². The molecule has 0 bridgehead atoms. The second-order valence-electron chi connectivity index (χ2n) is 8.94. The molecule has 2 aromatic carbocycles. The van der Waals surface area contributed by atoms with E-state index < -0.39 is 12.8 Å². The highest BCUT2D eigenvalue weighted by molar-refractivity contribution is 5.68. The summed E-state index contributed by atoms with van der Waals surface area (Å²) in [5.74, 6) is 0.638. The van der Waals surface area contributed by atoms with Gasteiger partial charge in [0.05, 0.1) is 19.9 Å². The first-order valence-electron chi connectivity index (χ1n) is 11.6. The maximum Gasteiger partial charge on any atom is 0.410 e. The number of alkyl halides is 1. The Morgan fingerprint density at radius 3 is 2.48 bits per heavy atom. The van der Waals surface area contributed by atoms with Crippen molar-refractivity contribution in [1.82, 2.24) is 10.2 Å². The smallest absolute Gasteiger partial charge is 0.410 e. The van der Waals surface area contributed by atoms with E-state index in [2.05, 4.69) is 19.2 Å². The van der Waals surface area contributed by atoms with Crippen molar-refractivity contribution >= 4 is 6.09 Å². The van der Waals surface area contributed by atoms with Crippen molar-refractivity contribution in [3.05, 3.63) is 65.5 Å². The highest BCUT2D eigenvalue weighted by atomic mass is 19.1. The summed E-state index contributed by atoms with van der Waals surface area (Å²) < 4.78 is 38.3. The number of amides is 1. The molecule has 180 valence electrons. The van der Waals surface area contributed by atoms with E-state index >= 15 is 0 Å². The van der Waals surface area contributed by atoms with E-state index in [1.54, 1.807) is 17.0 Å². The topological polar surface area (TPSA) is 50.8 Å². The number of carbonyl (C=O) groups is 1. The van der Waals surface area contributed by atoms with Crippen molar-refractivity contribution in [3.63, 3.8) is 0 Å². The van der Waals surface area contributed by atoms with Crippen LogP contribution in [0.15, 0.2) is 48.5 Å². The third-order valence-corrected chi connectivity index (χ3v) is 5.79. The Morgan fingerprint density at radius 2 is 1.82 bits per heavy atom. The number of halogens is 2. The molecular formula is C26H34F2N2O3. The number of ether oxygens (including phenoxy) is 2. The van der Waals surface area contributed by atoms with Gasteiger partial charge in [0.25, 0.3) is 0 Å². The van der Waals surface area contributed by atoms with Crippen LogP contribution in [0.4, 0.5) is 13.6 Å². The van der Waals surface area contributed by atoms with E-state index in [9.17, 15) is 13.6 Å². The molecule has 1 fully saturated rings. The quantitative estimate of drug-likeness (QED) is 0.543. The van der Waals surface area contributed by atoms with E-state index in [0.717, 1.165) is 16.9 Å². The zero-order valence-corrected chi connectivity index (χ0v) is 19.4. The number of rotatable bonds is 10. The zero-order chi connectivity index (χ0) is 23.6. The molecule has 33 heavy (non-hydrogen) atoms. The van der Waals surface area contributed by atoms with Gasteiger partial charge < -0.3 is 19.7 Å². The van der Waals surface area contributed by atoms with Gasteiger partial charge in [-0.15, -0.1) is 0 Å². The number of hydrogen-bond donors (Lipinski definition) is 1. The Balaban J connectivity index is 1.60.